The largest absolute Gasteiger partial charge is 0.479 e. The molecule has 3 rings (SSSR count). The van der Waals surface area contributed by atoms with Gasteiger partial charge in [0, 0.05) is 12.1 Å². The minimum Gasteiger partial charge on any atom is -0.479 e. The molecule has 2 bridgehead atoms. The lowest BCUT2D eigenvalue weighted by Gasteiger charge is -2.42. The van der Waals surface area contributed by atoms with E-state index in [1.807, 2.05) is 4.90 Å². The third-order valence-corrected chi connectivity index (χ3v) is 7.52. The standard InChI is InChI=1S/C19H23F3NO7P/c1-23-12-7-8-14(23)17(18(26)28-10-16(24)25)15(9-12)30-31(27,29-11-19(20,21)22)13-5-3-2-4-6-13/h2-6,12,14-15,17H,7-11H2,1H3,(H,24,25)/t12?,14?,15?,17-,31?/m1/s1. The number of carboxylic acid groups (broad SMARTS) is 1. The van der Waals surface area contributed by atoms with Crippen LogP contribution >= 0.6 is 7.60 Å². The lowest BCUT2D eigenvalue weighted by Crippen LogP contribution is -2.53. The van der Waals surface area contributed by atoms with Gasteiger partial charge in [-0.3, -0.25) is 18.8 Å². The highest BCUT2D eigenvalue weighted by molar-refractivity contribution is 7.62. The van der Waals surface area contributed by atoms with Crippen LogP contribution in [0.15, 0.2) is 30.3 Å². The third-order valence-electron chi connectivity index (χ3n) is 5.57. The molecule has 2 aliphatic heterocycles. The smallest absolute Gasteiger partial charge is 0.412 e. The van der Waals surface area contributed by atoms with E-state index in [4.69, 9.17) is 18.9 Å². The van der Waals surface area contributed by atoms with E-state index in [-0.39, 0.29) is 23.8 Å². The van der Waals surface area contributed by atoms with E-state index in [1.165, 1.54) is 24.3 Å². The quantitative estimate of drug-likeness (QED) is 0.462. The van der Waals surface area contributed by atoms with Gasteiger partial charge in [-0.05, 0) is 38.4 Å². The van der Waals surface area contributed by atoms with E-state index in [0.717, 1.165) is 0 Å². The molecule has 0 spiro atoms. The highest BCUT2D eigenvalue weighted by atomic mass is 31.2. The summed E-state index contributed by atoms with van der Waals surface area (Å²) in [6, 6.07) is 6.83. The summed E-state index contributed by atoms with van der Waals surface area (Å²) >= 11 is 0. The van der Waals surface area contributed by atoms with Crippen molar-refractivity contribution in [1.29, 1.82) is 0 Å². The summed E-state index contributed by atoms with van der Waals surface area (Å²) < 4.78 is 67.2. The minimum absolute atomic E-state index is 0.0228. The number of ether oxygens (including phenoxy) is 1. The molecule has 1 N–H and O–H groups in total. The molecule has 1 aromatic carbocycles. The lowest BCUT2D eigenvalue weighted by atomic mass is 9.88. The number of carbonyl (C=O) groups is 2. The van der Waals surface area contributed by atoms with E-state index in [9.17, 15) is 27.3 Å². The average Bonchev–Trinajstić information content (AvgIpc) is 2.94. The van der Waals surface area contributed by atoms with Gasteiger partial charge in [-0.15, -0.1) is 0 Å². The van der Waals surface area contributed by atoms with Gasteiger partial charge in [0.05, 0.1) is 17.3 Å². The van der Waals surface area contributed by atoms with Gasteiger partial charge in [0.1, 0.15) is 0 Å². The second-order valence-corrected chi connectivity index (χ2v) is 9.57. The summed E-state index contributed by atoms with van der Waals surface area (Å²) in [6.45, 7) is -2.64. The molecular weight excluding hydrogens is 442 g/mol. The van der Waals surface area contributed by atoms with Crippen molar-refractivity contribution in [2.45, 2.75) is 43.6 Å². The number of carbonyl (C=O) groups excluding carboxylic acids is 1. The van der Waals surface area contributed by atoms with Crippen molar-refractivity contribution in [3.63, 3.8) is 0 Å². The number of rotatable bonds is 8. The summed E-state index contributed by atoms with van der Waals surface area (Å²) in [5.74, 6) is -3.22. The molecule has 31 heavy (non-hydrogen) atoms. The molecule has 0 saturated carbocycles. The van der Waals surface area contributed by atoms with Crippen LogP contribution in [0.1, 0.15) is 19.3 Å². The molecule has 12 heteroatoms. The number of hydrogen-bond acceptors (Lipinski definition) is 7. The molecule has 8 nitrogen and oxygen atoms in total. The van der Waals surface area contributed by atoms with E-state index in [0.29, 0.717) is 12.8 Å². The predicted molar refractivity (Wildman–Crippen MR) is 102 cm³/mol. The maximum absolute atomic E-state index is 13.5. The number of fused-ring (bicyclic) bond motifs is 2. The lowest BCUT2D eigenvalue weighted by molar-refractivity contribution is -0.166. The zero-order chi connectivity index (χ0) is 22.8. The van der Waals surface area contributed by atoms with Crippen molar-refractivity contribution in [3.8, 4) is 0 Å². The topological polar surface area (TPSA) is 102 Å². The van der Waals surface area contributed by atoms with E-state index >= 15 is 0 Å². The number of nitrogens with zero attached hydrogens (tertiary/aromatic N) is 1. The zero-order valence-corrected chi connectivity index (χ0v) is 17.6. The Morgan fingerprint density at radius 3 is 2.52 bits per heavy atom. The highest BCUT2D eigenvalue weighted by Crippen LogP contribution is 2.53. The Hall–Kier alpha value is -1.94. The van der Waals surface area contributed by atoms with Gasteiger partial charge in [-0.2, -0.15) is 13.2 Å². The number of hydrogen-bond donors (Lipinski definition) is 1. The minimum atomic E-state index is -4.74. The van der Waals surface area contributed by atoms with Crippen molar-refractivity contribution in [2.75, 3.05) is 20.3 Å². The number of esters is 1. The number of halogens is 3. The number of piperidine rings is 1. The van der Waals surface area contributed by atoms with Gasteiger partial charge in [0.2, 0.25) is 0 Å². The molecule has 2 fully saturated rings. The first kappa shape index (κ1) is 23.7. The maximum atomic E-state index is 13.5. The Kier molecular flexibility index (Phi) is 7.10. The number of benzene rings is 1. The van der Waals surface area contributed by atoms with Gasteiger partial charge in [-0.25, -0.2) is 4.79 Å². The van der Waals surface area contributed by atoms with Crippen LogP contribution in [0.25, 0.3) is 0 Å². The van der Waals surface area contributed by atoms with Gasteiger partial charge in [0.25, 0.3) is 0 Å². The predicted octanol–water partition coefficient (Wildman–Crippen LogP) is 2.58. The number of alkyl halides is 3. The second-order valence-electron chi connectivity index (χ2n) is 7.59. The fourth-order valence-corrected chi connectivity index (χ4v) is 5.94. The Morgan fingerprint density at radius 1 is 1.23 bits per heavy atom. The van der Waals surface area contributed by atoms with Crippen LogP contribution in [0.5, 0.6) is 0 Å². The molecule has 1 aromatic rings. The van der Waals surface area contributed by atoms with Crippen LogP contribution in [0.3, 0.4) is 0 Å². The number of aliphatic carboxylic acids is 1. The Bertz CT molecular complexity index is 851. The van der Waals surface area contributed by atoms with Crippen LogP contribution in [-0.2, 0) is 27.9 Å². The summed E-state index contributed by atoms with van der Waals surface area (Å²) in [6.07, 6.45) is -4.28. The fraction of sp³-hybridized carbons (Fsp3) is 0.579. The van der Waals surface area contributed by atoms with Crippen LogP contribution < -0.4 is 5.30 Å². The van der Waals surface area contributed by atoms with Gasteiger partial charge >= 0.3 is 25.7 Å². The summed E-state index contributed by atoms with van der Waals surface area (Å²) in [5.41, 5.74) is 0. The molecule has 0 radical (unpaired) electrons. The van der Waals surface area contributed by atoms with Crippen molar-refractivity contribution in [2.24, 2.45) is 5.92 Å². The molecule has 2 saturated heterocycles. The first-order valence-corrected chi connectivity index (χ1v) is 11.2. The molecular formula is C19H23F3NO7P. The van der Waals surface area contributed by atoms with Crippen LogP contribution in [0.4, 0.5) is 13.2 Å². The van der Waals surface area contributed by atoms with Crippen molar-refractivity contribution in [3.05, 3.63) is 30.3 Å². The fourth-order valence-electron chi connectivity index (χ4n) is 4.18. The summed E-state index contributed by atoms with van der Waals surface area (Å²) in [7, 11) is -2.66. The van der Waals surface area contributed by atoms with Crippen molar-refractivity contribution in [1.82, 2.24) is 4.90 Å². The molecule has 2 heterocycles. The molecule has 4 unspecified atom stereocenters. The Balaban J connectivity index is 1.89. The van der Waals surface area contributed by atoms with Crippen LogP contribution in [0, 0.1) is 5.92 Å². The Labute approximate surface area is 176 Å². The summed E-state index contributed by atoms with van der Waals surface area (Å²) in [5, 5.41) is 8.73. The van der Waals surface area contributed by atoms with Crippen LogP contribution in [-0.4, -0.2) is 66.6 Å². The monoisotopic (exact) mass is 465 g/mol. The molecule has 0 amide bonds. The summed E-state index contributed by atoms with van der Waals surface area (Å²) in [4.78, 5) is 25.4. The number of carboxylic acids is 1. The van der Waals surface area contributed by atoms with Crippen molar-refractivity contribution >= 4 is 24.8 Å². The first-order chi connectivity index (χ1) is 14.5. The maximum Gasteiger partial charge on any atom is 0.412 e. The van der Waals surface area contributed by atoms with E-state index in [1.54, 1.807) is 13.1 Å². The zero-order valence-electron chi connectivity index (χ0n) is 16.7. The van der Waals surface area contributed by atoms with E-state index < -0.39 is 50.9 Å². The molecule has 0 aromatic heterocycles. The van der Waals surface area contributed by atoms with E-state index in [2.05, 4.69) is 0 Å². The first-order valence-electron chi connectivity index (χ1n) is 9.66. The SMILES string of the molecule is CN1C2CCC1[C@@H](C(=O)OCC(=O)O)C(OP(=O)(OCC(F)(F)F)c1ccccc1)C2. The molecule has 5 atom stereocenters. The average molecular weight is 465 g/mol. The third kappa shape index (κ3) is 5.65. The van der Waals surface area contributed by atoms with Crippen molar-refractivity contribution < 1.29 is 46.2 Å². The van der Waals surface area contributed by atoms with Gasteiger partial charge in [0.15, 0.2) is 13.2 Å². The molecule has 2 aliphatic rings. The molecule has 0 aliphatic carbocycles. The van der Waals surface area contributed by atoms with Gasteiger partial charge in [-0.1, -0.05) is 18.2 Å². The normalized spacial score (nSPS) is 28.1. The molecule has 172 valence electrons. The second kappa shape index (κ2) is 9.28. The Morgan fingerprint density at radius 2 is 1.90 bits per heavy atom. The van der Waals surface area contributed by atoms with Crippen LogP contribution in [0.2, 0.25) is 0 Å². The highest BCUT2D eigenvalue weighted by Gasteiger charge is 2.52. The van der Waals surface area contributed by atoms with Gasteiger partial charge < -0.3 is 14.4 Å².